The fourth-order valence-corrected chi connectivity index (χ4v) is 2.49. The molecule has 3 nitrogen and oxygen atoms in total. The third kappa shape index (κ3) is 2.98. The van der Waals surface area contributed by atoms with Crippen LogP contribution in [0.5, 0.6) is 0 Å². The molecule has 1 aromatic carbocycles. The van der Waals surface area contributed by atoms with Crippen LogP contribution in [0.4, 0.5) is 8.78 Å². The van der Waals surface area contributed by atoms with Crippen molar-refractivity contribution < 1.29 is 13.6 Å². The lowest BCUT2D eigenvalue weighted by Gasteiger charge is -2.23. The maximum atomic E-state index is 13.6. The quantitative estimate of drug-likeness (QED) is 0.847. The van der Waals surface area contributed by atoms with E-state index in [0.29, 0.717) is 12.5 Å². The number of likely N-dealkylation sites (tertiary alicyclic amines) is 1. The summed E-state index contributed by atoms with van der Waals surface area (Å²) >= 11 is 0. The summed E-state index contributed by atoms with van der Waals surface area (Å²) in [7, 11) is 0. The molecule has 0 amide bonds. The van der Waals surface area contributed by atoms with E-state index in [1.165, 1.54) is 6.07 Å². The van der Waals surface area contributed by atoms with E-state index in [9.17, 15) is 13.6 Å². The molecule has 0 saturated carbocycles. The molecule has 0 bridgehead atoms. The summed E-state index contributed by atoms with van der Waals surface area (Å²) in [5.41, 5.74) is 5.56. The molecule has 1 fully saturated rings. The van der Waals surface area contributed by atoms with Crippen molar-refractivity contribution >= 4 is 5.78 Å². The van der Waals surface area contributed by atoms with Crippen molar-refractivity contribution in [3.05, 3.63) is 35.4 Å². The summed E-state index contributed by atoms with van der Waals surface area (Å²) in [6.07, 6.45) is 0.958. The molecule has 104 valence electrons. The molecule has 2 atom stereocenters. The minimum absolute atomic E-state index is 0.0508. The van der Waals surface area contributed by atoms with Gasteiger partial charge in [-0.3, -0.25) is 9.69 Å². The lowest BCUT2D eigenvalue weighted by Crippen LogP contribution is -2.38. The van der Waals surface area contributed by atoms with E-state index in [-0.39, 0.29) is 11.3 Å². The number of rotatable bonds is 4. The van der Waals surface area contributed by atoms with Gasteiger partial charge < -0.3 is 5.73 Å². The molecule has 5 heteroatoms. The molecule has 1 aliphatic heterocycles. The zero-order valence-electron chi connectivity index (χ0n) is 10.9. The second-order valence-electron chi connectivity index (χ2n) is 5.05. The molecule has 1 aliphatic rings. The Kier molecular flexibility index (Phi) is 4.27. The smallest absolute Gasteiger partial charge is 0.182 e. The summed E-state index contributed by atoms with van der Waals surface area (Å²) in [4.78, 5) is 14.2. The zero-order chi connectivity index (χ0) is 14.0. The number of carbonyl (C=O) groups excluding carboxylic acids is 1. The monoisotopic (exact) mass is 268 g/mol. The highest BCUT2D eigenvalue weighted by molar-refractivity contribution is 6.00. The summed E-state index contributed by atoms with van der Waals surface area (Å²) in [6.45, 7) is 3.90. The topological polar surface area (TPSA) is 46.3 Å². The van der Waals surface area contributed by atoms with E-state index >= 15 is 0 Å². The Morgan fingerprint density at radius 2 is 2.26 bits per heavy atom. The van der Waals surface area contributed by atoms with Gasteiger partial charge in [0.15, 0.2) is 5.78 Å². The van der Waals surface area contributed by atoms with E-state index in [1.54, 1.807) is 6.92 Å². The molecule has 2 N–H and O–H groups in total. The first kappa shape index (κ1) is 14.1. The molecule has 19 heavy (non-hydrogen) atoms. The highest BCUT2D eigenvalue weighted by Gasteiger charge is 2.30. The highest BCUT2D eigenvalue weighted by Crippen LogP contribution is 2.21. The van der Waals surface area contributed by atoms with E-state index in [0.717, 1.165) is 31.6 Å². The van der Waals surface area contributed by atoms with Crippen LogP contribution in [0.1, 0.15) is 23.7 Å². The van der Waals surface area contributed by atoms with Crippen LogP contribution < -0.4 is 5.73 Å². The number of halogens is 2. The van der Waals surface area contributed by atoms with Crippen LogP contribution in [0.3, 0.4) is 0 Å². The number of carbonyl (C=O) groups is 1. The van der Waals surface area contributed by atoms with Gasteiger partial charge in [-0.25, -0.2) is 8.78 Å². The number of ketones is 1. The maximum Gasteiger partial charge on any atom is 0.182 e. The van der Waals surface area contributed by atoms with Crippen molar-refractivity contribution in [2.24, 2.45) is 11.7 Å². The van der Waals surface area contributed by atoms with E-state index in [2.05, 4.69) is 0 Å². The molecule has 1 aromatic rings. The third-order valence-electron chi connectivity index (χ3n) is 3.77. The normalized spacial score (nSPS) is 21.6. The van der Waals surface area contributed by atoms with Crippen molar-refractivity contribution in [2.45, 2.75) is 19.4 Å². The number of benzene rings is 1. The fraction of sp³-hybridized carbons (Fsp3) is 0.500. The van der Waals surface area contributed by atoms with E-state index in [1.807, 2.05) is 4.90 Å². The predicted octanol–water partition coefficient (Wildman–Crippen LogP) is 1.82. The van der Waals surface area contributed by atoms with Gasteiger partial charge in [-0.15, -0.1) is 0 Å². The largest absolute Gasteiger partial charge is 0.330 e. The lowest BCUT2D eigenvalue weighted by atomic mass is 10.0. The van der Waals surface area contributed by atoms with Gasteiger partial charge in [0.1, 0.15) is 11.6 Å². The minimum Gasteiger partial charge on any atom is -0.330 e. The first-order valence-corrected chi connectivity index (χ1v) is 6.46. The number of nitrogens with zero attached hydrogens (tertiary/aromatic N) is 1. The summed E-state index contributed by atoms with van der Waals surface area (Å²) in [5.74, 6) is -1.39. The van der Waals surface area contributed by atoms with Crippen molar-refractivity contribution in [1.82, 2.24) is 4.90 Å². The summed E-state index contributed by atoms with van der Waals surface area (Å²) in [6, 6.07) is 2.65. The molecule has 2 rings (SSSR count). The summed E-state index contributed by atoms with van der Waals surface area (Å²) in [5, 5.41) is 0. The van der Waals surface area contributed by atoms with Gasteiger partial charge in [-0.05, 0) is 44.5 Å². The maximum absolute atomic E-state index is 13.6. The second-order valence-corrected chi connectivity index (χ2v) is 5.05. The molecule has 0 spiro atoms. The summed E-state index contributed by atoms with van der Waals surface area (Å²) < 4.78 is 26.4. The number of Topliss-reactive ketones (excluding diaryl/α,β-unsaturated/α-hetero) is 1. The van der Waals surface area contributed by atoms with Gasteiger partial charge in [0.2, 0.25) is 0 Å². The Hall–Kier alpha value is -1.33. The van der Waals surface area contributed by atoms with Crippen LogP contribution >= 0.6 is 0 Å². The average molecular weight is 268 g/mol. The first-order chi connectivity index (χ1) is 9.02. The number of hydrogen-bond donors (Lipinski definition) is 1. The van der Waals surface area contributed by atoms with Crippen LogP contribution in [0.15, 0.2) is 18.2 Å². The van der Waals surface area contributed by atoms with Crippen LogP contribution in [0.25, 0.3) is 0 Å². The SMILES string of the molecule is CC(C(=O)c1ccc(F)cc1F)N1CCC(CN)C1. The van der Waals surface area contributed by atoms with Crippen molar-refractivity contribution in [1.29, 1.82) is 0 Å². The Labute approximate surface area is 111 Å². The van der Waals surface area contributed by atoms with Gasteiger partial charge in [-0.1, -0.05) is 0 Å². The second kappa shape index (κ2) is 5.75. The van der Waals surface area contributed by atoms with Gasteiger partial charge >= 0.3 is 0 Å². The molecule has 2 unspecified atom stereocenters. The van der Waals surface area contributed by atoms with Gasteiger partial charge in [0.05, 0.1) is 11.6 Å². The van der Waals surface area contributed by atoms with E-state index in [4.69, 9.17) is 5.73 Å². The Morgan fingerprint density at radius 3 is 2.84 bits per heavy atom. The van der Waals surface area contributed by atoms with Crippen molar-refractivity contribution in [2.75, 3.05) is 19.6 Å². The molecule has 0 radical (unpaired) electrons. The van der Waals surface area contributed by atoms with Gasteiger partial charge in [-0.2, -0.15) is 0 Å². The van der Waals surface area contributed by atoms with Gasteiger partial charge in [0.25, 0.3) is 0 Å². The molecule has 1 heterocycles. The molecule has 1 saturated heterocycles. The van der Waals surface area contributed by atoms with Crippen LogP contribution in [-0.4, -0.2) is 36.4 Å². The number of hydrogen-bond acceptors (Lipinski definition) is 3. The third-order valence-corrected chi connectivity index (χ3v) is 3.77. The Balaban J connectivity index is 2.11. The van der Waals surface area contributed by atoms with Crippen LogP contribution in [0, 0.1) is 17.6 Å². The molecular formula is C14H18F2N2O. The van der Waals surface area contributed by atoms with Crippen LogP contribution in [-0.2, 0) is 0 Å². The zero-order valence-corrected chi connectivity index (χ0v) is 10.9. The van der Waals surface area contributed by atoms with Crippen molar-refractivity contribution in [3.63, 3.8) is 0 Å². The first-order valence-electron chi connectivity index (χ1n) is 6.46. The highest BCUT2D eigenvalue weighted by atomic mass is 19.1. The Bertz CT molecular complexity index is 479. The average Bonchev–Trinajstić information content (AvgIpc) is 2.86. The lowest BCUT2D eigenvalue weighted by molar-refractivity contribution is 0.0859. The fourth-order valence-electron chi connectivity index (χ4n) is 2.49. The van der Waals surface area contributed by atoms with Crippen LogP contribution in [0.2, 0.25) is 0 Å². The van der Waals surface area contributed by atoms with Crippen molar-refractivity contribution in [3.8, 4) is 0 Å². The Morgan fingerprint density at radius 1 is 1.53 bits per heavy atom. The van der Waals surface area contributed by atoms with Gasteiger partial charge in [0, 0.05) is 12.6 Å². The molecule has 0 aromatic heterocycles. The molecule has 0 aliphatic carbocycles. The molecular weight excluding hydrogens is 250 g/mol. The predicted molar refractivity (Wildman–Crippen MR) is 68.9 cm³/mol. The minimum atomic E-state index is -0.800. The standard InChI is InChI=1S/C14H18F2N2O/c1-9(18-5-4-10(7-17)8-18)14(19)12-3-2-11(15)6-13(12)16/h2-3,6,9-10H,4-5,7-8,17H2,1H3. The van der Waals surface area contributed by atoms with E-state index < -0.39 is 17.7 Å². The number of nitrogens with two attached hydrogens (primary N) is 1.